The highest BCUT2D eigenvalue weighted by molar-refractivity contribution is 7.16. The lowest BCUT2D eigenvalue weighted by atomic mass is 10.1. The second-order valence-corrected chi connectivity index (χ2v) is 6.19. The molecule has 3 rings (SSSR count). The van der Waals surface area contributed by atoms with E-state index >= 15 is 0 Å². The first-order valence-corrected chi connectivity index (χ1v) is 8.13. The standard InChI is InChI=1S/C16H14F2N2O4S/c1-9-13(10-2-4-11(5-3-10)24-15(17)18)19-16(25-9)20-14(21)12-8-22-6-7-23-12/h2-5,8,15H,6-7H2,1H3,(H,19,20,21). The number of alkyl halides is 2. The van der Waals surface area contributed by atoms with Gasteiger partial charge in [-0.15, -0.1) is 11.3 Å². The Morgan fingerprint density at radius 3 is 2.72 bits per heavy atom. The minimum absolute atomic E-state index is 0.0709. The van der Waals surface area contributed by atoms with E-state index in [2.05, 4.69) is 15.0 Å². The fraction of sp³-hybridized carbons (Fsp3) is 0.250. The number of carbonyl (C=O) groups excluding carboxylic acids is 1. The van der Waals surface area contributed by atoms with Gasteiger partial charge in [-0.05, 0) is 31.2 Å². The molecule has 0 radical (unpaired) electrons. The van der Waals surface area contributed by atoms with E-state index in [1.165, 1.54) is 29.7 Å². The fourth-order valence-electron chi connectivity index (χ4n) is 2.16. The Kier molecular flexibility index (Phi) is 5.13. The van der Waals surface area contributed by atoms with Gasteiger partial charge in [0.05, 0.1) is 5.69 Å². The Labute approximate surface area is 146 Å². The molecule has 2 aromatic rings. The number of hydrogen-bond donors (Lipinski definition) is 1. The van der Waals surface area contributed by atoms with E-state index in [1.807, 2.05) is 6.92 Å². The molecule has 0 aliphatic carbocycles. The van der Waals surface area contributed by atoms with Crippen LogP contribution in [0.5, 0.6) is 5.75 Å². The van der Waals surface area contributed by atoms with E-state index in [1.54, 1.807) is 12.1 Å². The number of nitrogens with zero attached hydrogens (tertiary/aromatic N) is 1. The van der Waals surface area contributed by atoms with E-state index in [0.29, 0.717) is 24.0 Å². The average molecular weight is 368 g/mol. The lowest BCUT2D eigenvalue weighted by molar-refractivity contribution is -0.117. The molecule has 0 unspecified atom stereocenters. The van der Waals surface area contributed by atoms with Crippen LogP contribution in [0.15, 0.2) is 36.3 Å². The van der Waals surface area contributed by atoms with Crippen LogP contribution < -0.4 is 10.1 Å². The summed E-state index contributed by atoms with van der Waals surface area (Å²) >= 11 is 1.30. The number of hydrogen-bond acceptors (Lipinski definition) is 6. The second-order valence-electron chi connectivity index (χ2n) is 4.98. The van der Waals surface area contributed by atoms with Crippen LogP contribution in [0.1, 0.15) is 4.88 Å². The summed E-state index contributed by atoms with van der Waals surface area (Å²) in [5, 5.41) is 3.05. The largest absolute Gasteiger partial charge is 0.494 e. The first kappa shape index (κ1) is 17.2. The predicted molar refractivity (Wildman–Crippen MR) is 87.5 cm³/mol. The molecule has 1 amide bonds. The van der Waals surface area contributed by atoms with Crippen molar-refractivity contribution < 1.29 is 27.8 Å². The maximum Gasteiger partial charge on any atom is 0.387 e. The highest BCUT2D eigenvalue weighted by atomic mass is 32.1. The Balaban J connectivity index is 1.73. The van der Waals surface area contributed by atoms with Crippen molar-refractivity contribution in [1.82, 2.24) is 4.98 Å². The van der Waals surface area contributed by atoms with Gasteiger partial charge in [-0.2, -0.15) is 8.78 Å². The van der Waals surface area contributed by atoms with Gasteiger partial charge in [-0.3, -0.25) is 10.1 Å². The van der Waals surface area contributed by atoms with Gasteiger partial charge in [-0.1, -0.05) is 0 Å². The summed E-state index contributed by atoms with van der Waals surface area (Å²) in [6.45, 7) is -0.295. The molecule has 1 N–H and O–H groups in total. The smallest absolute Gasteiger partial charge is 0.387 e. The Hall–Kier alpha value is -2.68. The normalized spacial score (nSPS) is 13.7. The number of benzene rings is 1. The minimum atomic E-state index is -2.87. The molecule has 0 bridgehead atoms. The molecular formula is C16H14F2N2O4S. The van der Waals surface area contributed by atoms with Crippen molar-refractivity contribution >= 4 is 22.4 Å². The minimum Gasteiger partial charge on any atom is -0.494 e. The molecule has 0 spiro atoms. The van der Waals surface area contributed by atoms with Crippen molar-refractivity contribution in [2.45, 2.75) is 13.5 Å². The van der Waals surface area contributed by atoms with Crippen molar-refractivity contribution in [2.24, 2.45) is 0 Å². The van der Waals surface area contributed by atoms with Gasteiger partial charge in [0.25, 0.3) is 5.91 Å². The molecular weight excluding hydrogens is 354 g/mol. The molecule has 1 aromatic carbocycles. The molecule has 0 saturated carbocycles. The number of carbonyl (C=O) groups is 1. The van der Waals surface area contributed by atoms with Crippen LogP contribution in [0.25, 0.3) is 11.3 Å². The number of nitrogens with one attached hydrogen (secondary N) is 1. The van der Waals surface area contributed by atoms with Crippen molar-refractivity contribution in [2.75, 3.05) is 18.5 Å². The fourth-order valence-corrected chi connectivity index (χ4v) is 2.99. The number of thiazole rings is 1. The first-order valence-electron chi connectivity index (χ1n) is 7.31. The molecule has 0 fully saturated rings. The number of ether oxygens (including phenoxy) is 3. The highest BCUT2D eigenvalue weighted by Crippen LogP contribution is 2.31. The first-order chi connectivity index (χ1) is 12.0. The van der Waals surface area contributed by atoms with Crippen LogP contribution in [0, 0.1) is 6.92 Å². The summed E-state index contributed by atoms with van der Waals surface area (Å²) in [5.74, 6) is -0.281. The van der Waals surface area contributed by atoms with E-state index in [9.17, 15) is 13.6 Å². The number of aryl methyl sites for hydroxylation is 1. The van der Waals surface area contributed by atoms with Crippen molar-refractivity contribution in [3.63, 3.8) is 0 Å². The quantitative estimate of drug-likeness (QED) is 0.874. The number of anilines is 1. The Morgan fingerprint density at radius 1 is 1.32 bits per heavy atom. The Morgan fingerprint density at radius 2 is 2.08 bits per heavy atom. The SMILES string of the molecule is Cc1sc(NC(=O)C2=COCCO2)nc1-c1ccc(OC(F)F)cc1. The van der Waals surface area contributed by atoms with Gasteiger partial charge in [0.1, 0.15) is 25.2 Å². The molecule has 0 atom stereocenters. The summed E-state index contributed by atoms with van der Waals surface area (Å²) in [7, 11) is 0. The van der Waals surface area contributed by atoms with Crippen molar-refractivity contribution in [3.05, 3.63) is 41.2 Å². The molecule has 132 valence electrons. The number of rotatable bonds is 5. The average Bonchev–Trinajstić information content (AvgIpc) is 2.96. The van der Waals surface area contributed by atoms with Gasteiger partial charge in [0.15, 0.2) is 5.13 Å². The van der Waals surface area contributed by atoms with E-state index in [-0.39, 0.29) is 11.5 Å². The van der Waals surface area contributed by atoms with Crippen LogP contribution in [0.4, 0.5) is 13.9 Å². The summed E-state index contributed by atoms with van der Waals surface area (Å²) in [6, 6.07) is 6.14. The molecule has 9 heteroatoms. The van der Waals surface area contributed by atoms with Gasteiger partial charge in [0, 0.05) is 10.4 Å². The molecule has 0 saturated heterocycles. The molecule has 25 heavy (non-hydrogen) atoms. The molecule has 1 aromatic heterocycles. The van der Waals surface area contributed by atoms with Crippen LogP contribution in [0.2, 0.25) is 0 Å². The van der Waals surface area contributed by atoms with Gasteiger partial charge >= 0.3 is 6.61 Å². The number of aromatic nitrogens is 1. The summed E-state index contributed by atoms with van der Waals surface area (Å²) < 4.78 is 39.0. The Bertz CT molecular complexity index is 790. The van der Waals surface area contributed by atoms with Crippen LogP contribution in [0.3, 0.4) is 0 Å². The molecule has 1 aliphatic heterocycles. The van der Waals surface area contributed by atoms with E-state index < -0.39 is 12.5 Å². The zero-order valence-electron chi connectivity index (χ0n) is 13.1. The van der Waals surface area contributed by atoms with Crippen molar-refractivity contribution in [3.8, 4) is 17.0 Å². The second kappa shape index (κ2) is 7.47. The maximum absolute atomic E-state index is 12.2. The van der Waals surface area contributed by atoms with Crippen LogP contribution in [-0.2, 0) is 14.3 Å². The monoisotopic (exact) mass is 368 g/mol. The summed E-state index contributed by atoms with van der Waals surface area (Å²) in [6.07, 6.45) is 1.27. The van der Waals surface area contributed by atoms with Gasteiger partial charge in [0.2, 0.25) is 5.76 Å². The number of halogens is 2. The third kappa shape index (κ3) is 4.24. The van der Waals surface area contributed by atoms with Crippen LogP contribution in [-0.4, -0.2) is 30.7 Å². The number of amides is 1. The third-order valence-corrected chi connectivity index (χ3v) is 4.13. The highest BCUT2D eigenvalue weighted by Gasteiger charge is 2.18. The summed E-state index contributed by atoms with van der Waals surface area (Å²) in [4.78, 5) is 17.3. The zero-order valence-corrected chi connectivity index (χ0v) is 13.9. The zero-order chi connectivity index (χ0) is 17.8. The summed E-state index contributed by atoms with van der Waals surface area (Å²) in [5.41, 5.74) is 1.38. The lowest BCUT2D eigenvalue weighted by Crippen LogP contribution is -2.21. The lowest BCUT2D eigenvalue weighted by Gasteiger charge is -2.14. The molecule has 1 aliphatic rings. The van der Waals surface area contributed by atoms with E-state index in [4.69, 9.17) is 9.47 Å². The van der Waals surface area contributed by atoms with Crippen LogP contribution >= 0.6 is 11.3 Å². The molecule has 6 nitrogen and oxygen atoms in total. The van der Waals surface area contributed by atoms with Gasteiger partial charge < -0.3 is 14.2 Å². The van der Waals surface area contributed by atoms with Gasteiger partial charge in [-0.25, -0.2) is 4.98 Å². The third-order valence-electron chi connectivity index (χ3n) is 3.24. The topological polar surface area (TPSA) is 69.7 Å². The van der Waals surface area contributed by atoms with E-state index in [0.717, 1.165) is 10.4 Å². The predicted octanol–water partition coefficient (Wildman–Crippen LogP) is 3.55. The molecule has 2 heterocycles. The maximum atomic E-state index is 12.2. The van der Waals surface area contributed by atoms with Crippen molar-refractivity contribution in [1.29, 1.82) is 0 Å².